The highest BCUT2D eigenvalue weighted by Gasteiger charge is 2.21. The molecule has 2 atom stereocenters. The van der Waals surface area contributed by atoms with Crippen molar-refractivity contribution in [2.45, 2.75) is 18.6 Å². The number of hydrogen-bond acceptors (Lipinski definition) is 4. The van der Waals surface area contributed by atoms with E-state index >= 15 is 0 Å². The summed E-state index contributed by atoms with van der Waals surface area (Å²) in [4.78, 5) is 0. The highest BCUT2D eigenvalue weighted by Crippen LogP contribution is 2.32. The molecule has 0 heterocycles. The van der Waals surface area contributed by atoms with Gasteiger partial charge in [0.25, 0.3) is 0 Å². The van der Waals surface area contributed by atoms with Crippen molar-refractivity contribution in [1.29, 1.82) is 0 Å². The highest BCUT2D eigenvalue weighted by molar-refractivity contribution is 6.32. The Morgan fingerprint density at radius 1 is 1.38 bits per heavy atom. The van der Waals surface area contributed by atoms with Gasteiger partial charge in [0.1, 0.15) is 11.9 Å². The summed E-state index contributed by atoms with van der Waals surface area (Å²) in [6.07, 6.45) is -1.59. The summed E-state index contributed by atoms with van der Waals surface area (Å²) in [5, 5.41) is 31.9. The van der Waals surface area contributed by atoms with E-state index in [9.17, 15) is 15.3 Å². The van der Waals surface area contributed by atoms with Gasteiger partial charge in [-0.15, -0.1) is 0 Å². The second-order valence-electron chi connectivity index (χ2n) is 3.58. The average molecular weight is 246 g/mol. The van der Waals surface area contributed by atoms with Gasteiger partial charge in [-0.25, -0.2) is 0 Å². The molecule has 0 amide bonds. The summed E-state index contributed by atoms with van der Waals surface area (Å²) in [6.45, 7) is 0.592. The first kappa shape index (κ1) is 13.3. The fourth-order valence-corrected chi connectivity index (χ4v) is 1.66. The van der Waals surface area contributed by atoms with Gasteiger partial charge in [-0.2, -0.15) is 0 Å². The maximum absolute atomic E-state index is 9.85. The molecule has 0 saturated heterocycles. The number of aliphatic hydroxyl groups is 2. The van der Waals surface area contributed by atoms with Gasteiger partial charge in [0, 0.05) is 5.56 Å². The Morgan fingerprint density at radius 2 is 2.06 bits per heavy atom. The Morgan fingerprint density at radius 3 is 2.69 bits per heavy atom. The molecule has 0 spiro atoms. The fraction of sp³-hybridized carbons (Fsp3) is 0.455. The molecule has 0 bridgehead atoms. The first-order valence-corrected chi connectivity index (χ1v) is 5.43. The third-order valence-corrected chi connectivity index (χ3v) is 2.79. The fourth-order valence-electron chi connectivity index (χ4n) is 1.42. The van der Waals surface area contributed by atoms with Gasteiger partial charge in [0.05, 0.1) is 11.1 Å². The van der Waals surface area contributed by atoms with Crippen molar-refractivity contribution < 1.29 is 15.3 Å². The van der Waals surface area contributed by atoms with Crippen molar-refractivity contribution in [3.8, 4) is 5.75 Å². The molecule has 2 unspecified atom stereocenters. The van der Waals surface area contributed by atoms with Crippen LogP contribution in [0.15, 0.2) is 18.2 Å². The van der Waals surface area contributed by atoms with Crippen LogP contribution in [-0.2, 0) is 0 Å². The number of benzene rings is 1. The van der Waals surface area contributed by atoms with Crippen LogP contribution in [0.3, 0.4) is 0 Å². The summed E-state index contributed by atoms with van der Waals surface area (Å²) in [7, 11) is 1.76. The zero-order valence-electron chi connectivity index (χ0n) is 9.02. The highest BCUT2D eigenvalue weighted by atomic mass is 35.5. The third-order valence-electron chi connectivity index (χ3n) is 2.38. The average Bonchev–Trinajstić information content (AvgIpc) is 2.28. The topological polar surface area (TPSA) is 72.7 Å². The molecule has 5 heteroatoms. The van der Waals surface area contributed by atoms with Crippen LogP contribution in [0.4, 0.5) is 0 Å². The van der Waals surface area contributed by atoms with Crippen LogP contribution in [0.1, 0.15) is 18.1 Å². The quantitative estimate of drug-likeness (QED) is 0.626. The number of aliphatic hydroxyl groups excluding tert-OH is 2. The van der Waals surface area contributed by atoms with Crippen LogP contribution < -0.4 is 5.32 Å². The van der Waals surface area contributed by atoms with Gasteiger partial charge < -0.3 is 20.6 Å². The minimum absolute atomic E-state index is 0.0820. The van der Waals surface area contributed by atoms with E-state index in [1.165, 1.54) is 6.07 Å². The molecule has 4 nitrogen and oxygen atoms in total. The van der Waals surface area contributed by atoms with Crippen molar-refractivity contribution in [2.24, 2.45) is 0 Å². The van der Waals surface area contributed by atoms with Crippen LogP contribution in [-0.4, -0.2) is 35.0 Å². The molecule has 1 aromatic rings. The van der Waals surface area contributed by atoms with E-state index in [4.69, 9.17) is 11.6 Å². The zero-order chi connectivity index (χ0) is 12.1. The van der Waals surface area contributed by atoms with E-state index in [1.54, 1.807) is 19.2 Å². The van der Waals surface area contributed by atoms with E-state index in [-0.39, 0.29) is 10.8 Å². The maximum atomic E-state index is 9.85. The standard InChI is InChI=1S/C11H16ClNO3/c1-13-6-5-9(15)11(16)7-3-2-4-8(14)10(7)12/h2-4,9,11,13-16H,5-6H2,1H3. The molecule has 0 aromatic heterocycles. The number of hydrogen-bond donors (Lipinski definition) is 4. The maximum Gasteiger partial charge on any atom is 0.134 e. The summed E-state index contributed by atoms with van der Waals surface area (Å²) < 4.78 is 0. The van der Waals surface area contributed by atoms with Gasteiger partial charge in [-0.3, -0.25) is 0 Å². The van der Waals surface area contributed by atoms with E-state index < -0.39 is 12.2 Å². The Kier molecular flexibility index (Phi) is 5.02. The Balaban J connectivity index is 2.79. The smallest absolute Gasteiger partial charge is 0.134 e. The number of aromatic hydroxyl groups is 1. The minimum Gasteiger partial charge on any atom is -0.506 e. The lowest BCUT2D eigenvalue weighted by atomic mass is 10.0. The van der Waals surface area contributed by atoms with Gasteiger partial charge in [-0.05, 0) is 26.1 Å². The second-order valence-corrected chi connectivity index (χ2v) is 3.96. The van der Waals surface area contributed by atoms with E-state index in [0.717, 1.165) is 0 Å². The van der Waals surface area contributed by atoms with Crippen LogP contribution in [0.2, 0.25) is 5.02 Å². The number of phenols is 1. The normalized spacial score (nSPS) is 14.8. The molecule has 16 heavy (non-hydrogen) atoms. The predicted octanol–water partition coefficient (Wildman–Crippen LogP) is 1.05. The summed E-state index contributed by atoms with van der Waals surface area (Å²) >= 11 is 5.83. The molecule has 0 aliphatic rings. The molecule has 0 aliphatic carbocycles. The first-order valence-electron chi connectivity index (χ1n) is 5.06. The molecule has 0 radical (unpaired) electrons. The van der Waals surface area contributed by atoms with E-state index in [2.05, 4.69) is 5.32 Å². The van der Waals surface area contributed by atoms with Gasteiger partial charge in [0.2, 0.25) is 0 Å². The number of rotatable bonds is 5. The van der Waals surface area contributed by atoms with Crippen molar-refractivity contribution in [1.82, 2.24) is 5.32 Å². The summed E-state index contributed by atoms with van der Waals surface area (Å²) in [5.74, 6) is -0.0981. The molecular formula is C11H16ClNO3. The molecule has 1 rings (SSSR count). The minimum atomic E-state index is -1.09. The Hall–Kier alpha value is -0.810. The molecule has 90 valence electrons. The van der Waals surface area contributed by atoms with Crippen LogP contribution in [0.25, 0.3) is 0 Å². The van der Waals surface area contributed by atoms with Crippen molar-refractivity contribution in [2.75, 3.05) is 13.6 Å². The lowest BCUT2D eigenvalue weighted by Gasteiger charge is -2.19. The van der Waals surface area contributed by atoms with Crippen molar-refractivity contribution >= 4 is 11.6 Å². The first-order chi connectivity index (χ1) is 7.57. The monoisotopic (exact) mass is 245 g/mol. The molecule has 0 saturated carbocycles. The van der Waals surface area contributed by atoms with Gasteiger partial charge >= 0.3 is 0 Å². The van der Waals surface area contributed by atoms with Crippen LogP contribution >= 0.6 is 11.6 Å². The number of nitrogens with one attached hydrogen (secondary N) is 1. The molecule has 1 aromatic carbocycles. The molecule has 0 aliphatic heterocycles. The van der Waals surface area contributed by atoms with E-state index in [0.29, 0.717) is 18.5 Å². The van der Waals surface area contributed by atoms with Crippen LogP contribution in [0.5, 0.6) is 5.75 Å². The lowest BCUT2D eigenvalue weighted by Crippen LogP contribution is -2.23. The predicted molar refractivity (Wildman–Crippen MR) is 62.6 cm³/mol. The zero-order valence-corrected chi connectivity index (χ0v) is 9.78. The summed E-state index contributed by atoms with van der Waals surface area (Å²) in [6, 6.07) is 4.58. The van der Waals surface area contributed by atoms with Gasteiger partial charge in [-0.1, -0.05) is 23.7 Å². The van der Waals surface area contributed by atoms with E-state index in [1.807, 2.05) is 0 Å². The number of phenolic OH excluding ortho intramolecular Hbond substituents is 1. The van der Waals surface area contributed by atoms with Crippen molar-refractivity contribution in [3.63, 3.8) is 0 Å². The summed E-state index contributed by atoms with van der Waals surface area (Å²) in [5.41, 5.74) is 0.338. The van der Waals surface area contributed by atoms with Crippen molar-refractivity contribution in [3.05, 3.63) is 28.8 Å². The second kappa shape index (κ2) is 6.06. The van der Waals surface area contributed by atoms with Gasteiger partial charge in [0.15, 0.2) is 0 Å². The SMILES string of the molecule is CNCCC(O)C(O)c1cccc(O)c1Cl. The Bertz CT molecular complexity index is 346. The Labute approximate surface area is 99.5 Å². The molecular weight excluding hydrogens is 230 g/mol. The molecule has 4 N–H and O–H groups in total. The lowest BCUT2D eigenvalue weighted by molar-refractivity contribution is 0.0140. The number of halogens is 1. The third kappa shape index (κ3) is 3.09. The largest absolute Gasteiger partial charge is 0.506 e. The molecule has 0 fully saturated rings. The van der Waals surface area contributed by atoms with Crippen LogP contribution in [0, 0.1) is 0 Å².